The topological polar surface area (TPSA) is 44.5 Å². The van der Waals surface area contributed by atoms with Gasteiger partial charge in [-0.05, 0) is 42.0 Å². The van der Waals surface area contributed by atoms with Crippen LogP contribution in [0.1, 0.15) is 30.0 Å². The molecule has 22 heavy (non-hydrogen) atoms. The molecule has 0 spiro atoms. The van der Waals surface area contributed by atoms with E-state index in [1.54, 1.807) is 0 Å². The molecule has 1 fully saturated rings. The van der Waals surface area contributed by atoms with Crippen LogP contribution in [0, 0.1) is 5.92 Å². The van der Waals surface area contributed by atoms with Gasteiger partial charge in [-0.2, -0.15) is 0 Å². The first-order valence-electron chi connectivity index (χ1n) is 7.93. The summed E-state index contributed by atoms with van der Waals surface area (Å²) < 4.78 is 11.2. The van der Waals surface area contributed by atoms with E-state index < -0.39 is 0 Å². The van der Waals surface area contributed by atoms with E-state index in [1.165, 1.54) is 11.1 Å². The van der Waals surface area contributed by atoms with E-state index in [-0.39, 0.29) is 6.04 Å². The molecular formula is C19H23NO2. The van der Waals surface area contributed by atoms with E-state index in [2.05, 4.69) is 24.3 Å². The summed E-state index contributed by atoms with van der Waals surface area (Å²) in [5.41, 5.74) is 8.74. The van der Waals surface area contributed by atoms with Crippen molar-refractivity contribution in [2.24, 2.45) is 11.7 Å². The highest BCUT2D eigenvalue weighted by atomic mass is 16.5. The molecule has 0 saturated carbocycles. The molecule has 1 heterocycles. The van der Waals surface area contributed by atoms with E-state index in [0.717, 1.165) is 31.8 Å². The van der Waals surface area contributed by atoms with Crippen LogP contribution >= 0.6 is 0 Å². The van der Waals surface area contributed by atoms with Crippen molar-refractivity contribution in [2.45, 2.75) is 25.5 Å². The van der Waals surface area contributed by atoms with Gasteiger partial charge >= 0.3 is 0 Å². The highest BCUT2D eigenvalue weighted by Crippen LogP contribution is 2.29. The van der Waals surface area contributed by atoms with Crippen LogP contribution in [0.5, 0.6) is 5.75 Å². The first-order valence-corrected chi connectivity index (χ1v) is 7.93. The Morgan fingerprint density at radius 2 is 1.68 bits per heavy atom. The highest BCUT2D eigenvalue weighted by molar-refractivity contribution is 5.30. The van der Waals surface area contributed by atoms with E-state index in [0.29, 0.717) is 12.5 Å². The molecule has 0 aromatic heterocycles. The first-order chi connectivity index (χ1) is 10.8. The highest BCUT2D eigenvalue weighted by Gasteiger charge is 2.22. The summed E-state index contributed by atoms with van der Waals surface area (Å²) in [5.74, 6) is 1.40. The number of nitrogens with two attached hydrogens (primary N) is 1. The van der Waals surface area contributed by atoms with Crippen molar-refractivity contribution in [3.8, 4) is 5.75 Å². The quantitative estimate of drug-likeness (QED) is 0.915. The SMILES string of the molecule is N[C@@H](c1ccc(OCc2ccccc2)cc1)C1CCOCC1. The molecule has 0 radical (unpaired) electrons. The van der Waals surface area contributed by atoms with Crippen LogP contribution in [-0.2, 0) is 11.3 Å². The average Bonchev–Trinajstić information content (AvgIpc) is 2.61. The van der Waals surface area contributed by atoms with Gasteiger partial charge in [0.15, 0.2) is 0 Å². The number of benzene rings is 2. The standard InChI is InChI=1S/C19H23NO2/c20-19(17-10-12-21-13-11-17)16-6-8-18(9-7-16)22-14-15-4-2-1-3-5-15/h1-9,17,19H,10-14,20H2/t19-/m0/s1. The van der Waals surface area contributed by atoms with Gasteiger partial charge in [-0.1, -0.05) is 42.5 Å². The second-order valence-electron chi connectivity index (χ2n) is 5.82. The smallest absolute Gasteiger partial charge is 0.119 e. The predicted octanol–water partition coefficient (Wildman–Crippen LogP) is 3.69. The van der Waals surface area contributed by atoms with Crippen molar-refractivity contribution >= 4 is 0 Å². The molecule has 116 valence electrons. The summed E-state index contributed by atoms with van der Waals surface area (Å²) in [7, 11) is 0. The van der Waals surface area contributed by atoms with Gasteiger partial charge in [0.1, 0.15) is 12.4 Å². The minimum absolute atomic E-state index is 0.0899. The monoisotopic (exact) mass is 297 g/mol. The van der Waals surface area contributed by atoms with E-state index >= 15 is 0 Å². The van der Waals surface area contributed by atoms with Crippen LogP contribution in [0.15, 0.2) is 54.6 Å². The third-order valence-electron chi connectivity index (χ3n) is 4.29. The van der Waals surface area contributed by atoms with Crippen LogP contribution in [0.25, 0.3) is 0 Å². The van der Waals surface area contributed by atoms with Gasteiger partial charge in [-0.3, -0.25) is 0 Å². The fraction of sp³-hybridized carbons (Fsp3) is 0.368. The zero-order chi connectivity index (χ0) is 15.2. The fourth-order valence-electron chi connectivity index (χ4n) is 2.87. The zero-order valence-corrected chi connectivity index (χ0v) is 12.8. The van der Waals surface area contributed by atoms with E-state index in [4.69, 9.17) is 15.2 Å². The molecule has 2 N–H and O–H groups in total. The molecule has 2 aromatic carbocycles. The van der Waals surface area contributed by atoms with Gasteiger partial charge in [0.05, 0.1) is 0 Å². The summed E-state index contributed by atoms with van der Waals surface area (Å²) >= 11 is 0. The van der Waals surface area contributed by atoms with Crippen LogP contribution in [0.2, 0.25) is 0 Å². The molecule has 1 atom stereocenters. The van der Waals surface area contributed by atoms with E-state index in [1.807, 2.05) is 30.3 Å². The number of ether oxygens (including phenoxy) is 2. The van der Waals surface area contributed by atoms with Crippen LogP contribution in [-0.4, -0.2) is 13.2 Å². The molecule has 2 aromatic rings. The van der Waals surface area contributed by atoms with Gasteiger partial charge < -0.3 is 15.2 Å². The molecule has 3 heteroatoms. The van der Waals surface area contributed by atoms with Crippen molar-refractivity contribution in [1.82, 2.24) is 0 Å². The normalized spacial score (nSPS) is 17.1. The van der Waals surface area contributed by atoms with Gasteiger partial charge in [-0.15, -0.1) is 0 Å². The average molecular weight is 297 g/mol. The maximum atomic E-state index is 6.39. The zero-order valence-electron chi connectivity index (χ0n) is 12.8. The lowest BCUT2D eigenvalue weighted by Gasteiger charge is -2.27. The minimum Gasteiger partial charge on any atom is -0.489 e. The van der Waals surface area contributed by atoms with Gasteiger partial charge in [-0.25, -0.2) is 0 Å². The Bertz CT molecular complexity index is 562. The predicted molar refractivity (Wildman–Crippen MR) is 87.7 cm³/mol. The summed E-state index contributed by atoms with van der Waals surface area (Å²) in [5, 5.41) is 0. The Labute approximate surface area is 132 Å². The largest absolute Gasteiger partial charge is 0.489 e. The Hall–Kier alpha value is -1.84. The third kappa shape index (κ3) is 3.87. The summed E-state index contributed by atoms with van der Waals surface area (Å²) in [4.78, 5) is 0. The Kier molecular flexibility index (Phi) is 5.09. The van der Waals surface area contributed by atoms with Crippen molar-refractivity contribution in [3.05, 3.63) is 65.7 Å². The third-order valence-corrected chi connectivity index (χ3v) is 4.29. The fourth-order valence-corrected chi connectivity index (χ4v) is 2.87. The number of rotatable bonds is 5. The second kappa shape index (κ2) is 7.43. The number of hydrogen-bond acceptors (Lipinski definition) is 3. The maximum absolute atomic E-state index is 6.39. The van der Waals surface area contributed by atoms with Gasteiger partial charge in [0, 0.05) is 19.3 Å². The van der Waals surface area contributed by atoms with Crippen LogP contribution < -0.4 is 10.5 Å². The molecule has 0 bridgehead atoms. The van der Waals surface area contributed by atoms with Crippen LogP contribution in [0.3, 0.4) is 0 Å². The van der Waals surface area contributed by atoms with Crippen molar-refractivity contribution < 1.29 is 9.47 Å². The van der Waals surface area contributed by atoms with Crippen molar-refractivity contribution in [2.75, 3.05) is 13.2 Å². The molecular weight excluding hydrogens is 274 g/mol. The lowest BCUT2D eigenvalue weighted by Crippen LogP contribution is -2.27. The molecule has 1 aliphatic rings. The molecule has 0 unspecified atom stereocenters. The Morgan fingerprint density at radius 1 is 1.00 bits per heavy atom. The van der Waals surface area contributed by atoms with Gasteiger partial charge in [0.2, 0.25) is 0 Å². The maximum Gasteiger partial charge on any atom is 0.119 e. The molecule has 3 rings (SSSR count). The van der Waals surface area contributed by atoms with E-state index in [9.17, 15) is 0 Å². The molecule has 1 aliphatic heterocycles. The van der Waals surface area contributed by atoms with Crippen LogP contribution in [0.4, 0.5) is 0 Å². The summed E-state index contributed by atoms with van der Waals surface area (Å²) in [6, 6.07) is 18.5. The molecule has 3 nitrogen and oxygen atoms in total. The Morgan fingerprint density at radius 3 is 2.36 bits per heavy atom. The second-order valence-corrected chi connectivity index (χ2v) is 5.82. The lowest BCUT2D eigenvalue weighted by molar-refractivity contribution is 0.0584. The van der Waals surface area contributed by atoms with Crippen molar-refractivity contribution in [3.63, 3.8) is 0 Å². The number of hydrogen-bond donors (Lipinski definition) is 1. The Balaban J connectivity index is 1.57. The minimum atomic E-state index is 0.0899. The first kappa shape index (κ1) is 15.1. The van der Waals surface area contributed by atoms with Gasteiger partial charge in [0.25, 0.3) is 0 Å². The molecule has 0 aliphatic carbocycles. The molecule has 1 saturated heterocycles. The molecule has 0 amide bonds. The summed E-state index contributed by atoms with van der Waals surface area (Å²) in [6.45, 7) is 2.25. The summed E-state index contributed by atoms with van der Waals surface area (Å²) in [6.07, 6.45) is 2.10. The van der Waals surface area contributed by atoms with Crippen molar-refractivity contribution in [1.29, 1.82) is 0 Å². The lowest BCUT2D eigenvalue weighted by atomic mass is 9.88.